The fourth-order valence-corrected chi connectivity index (χ4v) is 0.795. The van der Waals surface area contributed by atoms with E-state index in [2.05, 4.69) is 0 Å². The number of hydrogen-bond acceptors (Lipinski definition) is 2. The summed E-state index contributed by atoms with van der Waals surface area (Å²) in [4.78, 5) is 10.5. The van der Waals surface area contributed by atoms with Gasteiger partial charge in [-0.25, -0.2) is 0 Å². The summed E-state index contributed by atoms with van der Waals surface area (Å²) < 4.78 is 5.31. The SMILES string of the molecule is CC(=O)CCCCOC(C)C. The lowest BCUT2D eigenvalue weighted by molar-refractivity contribution is -0.117. The molecule has 2 heteroatoms. The summed E-state index contributed by atoms with van der Waals surface area (Å²) in [6.07, 6.45) is 2.97. The maximum absolute atomic E-state index is 10.5. The first-order valence-electron chi connectivity index (χ1n) is 4.24. The fraction of sp³-hybridized carbons (Fsp3) is 0.889. The molecule has 11 heavy (non-hydrogen) atoms. The number of hydrogen-bond donors (Lipinski definition) is 0. The van der Waals surface area contributed by atoms with Crippen LogP contribution in [0.15, 0.2) is 0 Å². The number of rotatable bonds is 6. The highest BCUT2D eigenvalue weighted by Crippen LogP contribution is 1.98. The standard InChI is InChI=1S/C9H18O2/c1-8(2)11-7-5-4-6-9(3)10/h8H,4-7H2,1-3H3. The number of unbranched alkanes of at least 4 members (excludes halogenated alkanes) is 1. The van der Waals surface area contributed by atoms with Crippen molar-refractivity contribution >= 4 is 5.78 Å². The molecular weight excluding hydrogens is 140 g/mol. The molecule has 66 valence electrons. The van der Waals surface area contributed by atoms with Crippen LogP contribution in [0, 0.1) is 0 Å². The van der Waals surface area contributed by atoms with Crippen molar-refractivity contribution in [2.75, 3.05) is 6.61 Å². The highest BCUT2D eigenvalue weighted by atomic mass is 16.5. The van der Waals surface area contributed by atoms with Gasteiger partial charge in [-0.2, -0.15) is 0 Å². The molecule has 0 spiro atoms. The minimum absolute atomic E-state index is 0.273. The van der Waals surface area contributed by atoms with E-state index >= 15 is 0 Å². The quantitative estimate of drug-likeness (QED) is 0.554. The van der Waals surface area contributed by atoms with Gasteiger partial charge in [0.25, 0.3) is 0 Å². The molecule has 0 aromatic rings. The van der Waals surface area contributed by atoms with Crippen molar-refractivity contribution in [2.24, 2.45) is 0 Å². The van der Waals surface area contributed by atoms with Crippen LogP contribution in [-0.2, 0) is 9.53 Å². The summed E-state index contributed by atoms with van der Waals surface area (Å²) >= 11 is 0. The Balaban J connectivity index is 2.97. The largest absolute Gasteiger partial charge is 0.379 e. The molecule has 0 aliphatic rings. The number of carbonyl (C=O) groups is 1. The zero-order valence-corrected chi connectivity index (χ0v) is 7.72. The molecule has 2 nitrogen and oxygen atoms in total. The molecule has 0 saturated carbocycles. The van der Waals surface area contributed by atoms with E-state index < -0.39 is 0 Å². The van der Waals surface area contributed by atoms with Crippen LogP contribution in [0.4, 0.5) is 0 Å². The van der Waals surface area contributed by atoms with Gasteiger partial charge < -0.3 is 9.53 Å². The third-order valence-electron chi connectivity index (χ3n) is 1.37. The average Bonchev–Trinajstić information content (AvgIpc) is 1.85. The maximum atomic E-state index is 10.5. The number of Topliss-reactive ketones (excluding diaryl/α,β-unsaturated/α-hetero) is 1. The molecule has 0 aliphatic carbocycles. The van der Waals surface area contributed by atoms with Crippen molar-refractivity contribution < 1.29 is 9.53 Å². The second-order valence-corrected chi connectivity index (χ2v) is 3.08. The molecule has 0 atom stereocenters. The lowest BCUT2D eigenvalue weighted by Crippen LogP contribution is -2.04. The minimum atomic E-state index is 0.273. The van der Waals surface area contributed by atoms with Crippen LogP contribution in [0.3, 0.4) is 0 Å². The van der Waals surface area contributed by atoms with Gasteiger partial charge in [0.15, 0.2) is 0 Å². The van der Waals surface area contributed by atoms with Crippen LogP contribution < -0.4 is 0 Å². The van der Waals surface area contributed by atoms with Gasteiger partial charge in [-0.3, -0.25) is 0 Å². The van der Waals surface area contributed by atoms with Crippen molar-refractivity contribution in [1.29, 1.82) is 0 Å². The second-order valence-electron chi connectivity index (χ2n) is 3.08. The van der Waals surface area contributed by atoms with E-state index in [1.165, 1.54) is 0 Å². The van der Waals surface area contributed by atoms with Gasteiger partial charge in [0.1, 0.15) is 5.78 Å². The van der Waals surface area contributed by atoms with Crippen LogP contribution in [0.2, 0.25) is 0 Å². The summed E-state index contributed by atoms with van der Waals surface area (Å²) in [5.41, 5.74) is 0. The molecule has 0 fully saturated rings. The molecule has 0 aromatic carbocycles. The lowest BCUT2D eigenvalue weighted by Gasteiger charge is -2.05. The molecule has 0 unspecified atom stereocenters. The smallest absolute Gasteiger partial charge is 0.129 e. The first-order chi connectivity index (χ1) is 5.13. The van der Waals surface area contributed by atoms with E-state index in [1.54, 1.807) is 6.92 Å². The van der Waals surface area contributed by atoms with Crippen molar-refractivity contribution in [3.8, 4) is 0 Å². The molecule has 0 aliphatic heterocycles. The molecular formula is C9H18O2. The highest BCUT2D eigenvalue weighted by molar-refractivity contribution is 5.75. The number of ether oxygens (including phenoxy) is 1. The zero-order valence-electron chi connectivity index (χ0n) is 7.72. The van der Waals surface area contributed by atoms with E-state index in [0.717, 1.165) is 19.4 Å². The molecule has 0 bridgehead atoms. The number of carbonyl (C=O) groups excluding carboxylic acids is 1. The molecule has 0 radical (unpaired) electrons. The van der Waals surface area contributed by atoms with Gasteiger partial charge in [-0.1, -0.05) is 0 Å². The Kier molecular flexibility index (Phi) is 6.13. The van der Waals surface area contributed by atoms with Crippen LogP contribution >= 0.6 is 0 Å². The van der Waals surface area contributed by atoms with E-state index in [4.69, 9.17) is 4.74 Å². The predicted octanol–water partition coefficient (Wildman–Crippen LogP) is 2.17. The van der Waals surface area contributed by atoms with Crippen LogP contribution in [-0.4, -0.2) is 18.5 Å². The van der Waals surface area contributed by atoms with Crippen molar-refractivity contribution in [3.05, 3.63) is 0 Å². The van der Waals surface area contributed by atoms with Gasteiger partial charge in [0, 0.05) is 13.0 Å². The van der Waals surface area contributed by atoms with Gasteiger partial charge in [0.2, 0.25) is 0 Å². The Morgan fingerprint density at radius 2 is 2.00 bits per heavy atom. The van der Waals surface area contributed by atoms with Crippen LogP contribution in [0.5, 0.6) is 0 Å². The molecule has 0 rings (SSSR count). The summed E-state index contributed by atoms with van der Waals surface area (Å²) in [7, 11) is 0. The predicted molar refractivity (Wildman–Crippen MR) is 45.6 cm³/mol. The van der Waals surface area contributed by atoms with Gasteiger partial charge in [-0.15, -0.1) is 0 Å². The Morgan fingerprint density at radius 1 is 1.36 bits per heavy atom. The minimum Gasteiger partial charge on any atom is -0.379 e. The van der Waals surface area contributed by atoms with E-state index in [9.17, 15) is 4.79 Å². The first kappa shape index (κ1) is 10.6. The van der Waals surface area contributed by atoms with Gasteiger partial charge >= 0.3 is 0 Å². The van der Waals surface area contributed by atoms with Gasteiger partial charge in [0.05, 0.1) is 6.10 Å². The third kappa shape index (κ3) is 9.63. The van der Waals surface area contributed by atoms with E-state index in [0.29, 0.717) is 12.5 Å². The molecule has 0 N–H and O–H groups in total. The summed E-state index contributed by atoms with van der Waals surface area (Å²) in [6.45, 7) is 6.45. The van der Waals surface area contributed by atoms with Crippen LogP contribution in [0.1, 0.15) is 40.0 Å². The Labute approximate surface area is 68.9 Å². The number of ketones is 1. The monoisotopic (exact) mass is 158 g/mol. The summed E-state index contributed by atoms with van der Waals surface area (Å²) in [5, 5.41) is 0. The Hall–Kier alpha value is -0.370. The molecule has 0 amide bonds. The summed E-state index contributed by atoms with van der Waals surface area (Å²) in [6, 6.07) is 0. The molecule has 0 aromatic heterocycles. The van der Waals surface area contributed by atoms with Crippen LogP contribution in [0.25, 0.3) is 0 Å². The molecule has 0 saturated heterocycles. The highest BCUT2D eigenvalue weighted by Gasteiger charge is 1.95. The van der Waals surface area contributed by atoms with Gasteiger partial charge in [-0.05, 0) is 33.6 Å². The molecule has 0 heterocycles. The normalized spacial score (nSPS) is 10.5. The lowest BCUT2D eigenvalue weighted by atomic mass is 10.2. The zero-order chi connectivity index (χ0) is 8.69. The van der Waals surface area contributed by atoms with E-state index in [1.807, 2.05) is 13.8 Å². The van der Waals surface area contributed by atoms with Crippen molar-refractivity contribution in [3.63, 3.8) is 0 Å². The third-order valence-corrected chi connectivity index (χ3v) is 1.37. The Bertz CT molecular complexity index is 108. The fourth-order valence-electron chi connectivity index (χ4n) is 0.795. The Morgan fingerprint density at radius 3 is 2.45 bits per heavy atom. The van der Waals surface area contributed by atoms with Crippen molar-refractivity contribution in [2.45, 2.75) is 46.1 Å². The second kappa shape index (κ2) is 6.35. The van der Waals surface area contributed by atoms with E-state index in [-0.39, 0.29) is 5.78 Å². The average molecular weight is 158 g/mol. The summed E-state index contributed by atoms with van der Waals surface area (Å²) in [5.74, 6) is 0.273. The van der Waals surface area contributed by atoms with Crippen molar-refractivity contribution in [1.82, 2.24) is 0 Å². The first-order valence-corrected chi connectivity index (χ1v) is 4.24. The maximum Gasteiger partial charge on any atom is 0.129 e. The topological polar surface area (TPSA) is 26.3 Å².